The number of benzene rings is 1. The van der Waals surface area contributed by atoms with Gasteiger partial charge in [-0.1, -0.05) is 36.4 Å². The first kappa shape index (κ1) is 17.2. The standard InChI is InChI=1S/C21H27N5/c1-24-11-13-25(14-12-24)17-20(18-7-3-2-4-8-18)22-15-19-16-23-21-9-5-6-10-26(19)21/h2-10,16,20,22H,11-15,17H2,1H3. The van der Waals surface area contributed by atoms with Crippen molar-refractivity contribution in [2.24, 2.45) is 0 Å². The first-order valence-electron chi connectivity index (χ1n) is 9.40. The second-order valence-corrected chi connectivity index (χ2v) is 7.13. The number of nitrogens with one attached hydrogen (secondary N) is 1. The SMILES string of the molecule is CN1CCN(CC(NCc2cnc3ccccn23)c2ccccc2)CC1. The van der Waals surface area contributed by atoms with Gasteiger partial charge in [0.05, 0.1) is 11.9 Å². The van der Waals surface area contributed by atoms with Crippen LogP contribution in [0.5, 0.6) is 0 Å². The highest BCUT2D eigenvalue weighted by Gasteiger charge is 2.19. The lowest BCUT2D eigenvalue weighted by atomic mass is 10.1. The Morgan fingerprint density at radius 3 is 2.58 bits per heavy atom. The van der Waals surface area contributed by atoms with Gasteiger partial charge in [0.25, 0.3) is 0 Å². The van der Waals surface area contributed by atoms with Crippen molar-refractivity contribution in [3.05, 3.63) is 72.2 Å². The average Bonchev–Trinajstić information content (AvgIpc) is 3.10. The van der Waals surface area contributed by atoms with Crippen LogP contribution in [0.15, 0.2) is 60.9 Å². The molecule has 0 aliphatic carbocycles. The van der Waals surface area contributed by atoms with Gasteiger partial charge in [-0.2, -0.15) is 0 Å². The normalized spacial score (nSPS) is 17.6. The van der Waals surface area contributed by atoms with Crippen LogP contribution in [0, 0.1) is 0 Å². The van der Waals surface area contributed by atoms with E-state index in [0.29, 0.717) is 6.04 Å². The van der Waals surface area contributed by atoms with Gasteiger partial charge in [-0.25, -0.2) is 4.98 Å². The molecule has 1 aliphatic rings. The number of likely N-dealkylation sites (N-methyl/N-ethyl adjacent to an activating group) is 1. The number of piperazine rings is 1. The van der Waals surface area contributed by atoms with Crippen LogP contribution in [0.3, 0.4) is 0 Å². The minimum absolute atomic E-state index is 0.314. The number of rotatable bonds is 6. The van der Waals surface area contributed by atoms with Gasteiger partial charge in [-0.15, -0.1) is 0 Å². The maximum Gasteiger partial charge on any atom is 0.136 e. The molecule has 5 nitrogen and oxygen atoms in total. The molecule has 26 heavy (non-hydrogen) atoms. The van der Waals surface area contributed by atoms with E-state index in [4.69, 9.17) is 0 Å². The average molecular weight is 349 g/mol. The molecule has 1 aliphatic heterocycles. The summed E-state index contributed by atoms with van der Waals surface area (Å²) in [5.41, 5.74) is 3.54. The predicted molar refractivity (Wildman–Crippen MR) is 105 cm³/mol. The number of fused-ring (bicyclic) bond motifs is 1. The molecule has 1 fully saturated rings. The van der Waals surface area contributed by atoms with Gasteiger partial charge in [-0.05, 0) is 24.7 Å². The molecule has 136 valence electrons. The van der Waals surface area contributed by atoms with Crippen molar-refractivity contribution in [2.45, 2.75) is 12.6 Å². The van der Waals surface area contributed by atoms with E-state index in [-0.39, 0.29) is 0 Å². The van der Waals surface area contributed by atoms with Crippen LogP contribution < -0.4 is 5.32 Å². The van der Waals surface area contributed by atoms with Crippen molar-refractivity contribution in [1.82, 2.24) is 24.5 Å². The first-order valence-corrected chi connectivity index (χ1v) is 9.40. The van der Waals surface area contributed by atoms with E-state index in [1.54, 1.807) is 0 Å². The molecule has 1 aromatic carbocycles. The van der Waals surface area contributed by atoms with Crippen LogP contribution in [0.4, 0.5) is 0 Å². The lowest BCUT2D eigenvalue weighted by Crippen LogP contribution is -2.47. The molecule has 2 aromatic heterocycles. The minimum Gasteiger partial charge on any atom is -0.304 e. The number of nitrogens with zero attached hydrogens (tertiary/aromatic N) is 4. The van der Waals surface area contributed by atoms with Crippen LogP contribution in [0.2, 0.25) is 0 Å². The Kier molecular flexibility index (Phi) is 5.29. The fourth-order valence-corrected chi connectivity index (χ4v) is 3.61. The molecule has 0 amide bonds. The third-order valence-corrected chi connectivity index (χ3v) is 5.26. The Hall–Kier alpha value is -2.21. The summed E-state index contributed by atoms with van der Waals surface area (Å²) < 4.78 is 2.16. The van der Waals surface area contributed by atoms with E-state index in [9.17, 15) is 0 Å². The summed E-state index contributed by atoms with van der Waals surface area (Å²) >= 11 is 0. The number of hydrogen-bond acceptors (Lipinski definition) is 4. The van der Waals surface area contributed by atoms with E-state index in [1.165, 1.54) is 11.3 Å². The topological polar surface area (TPSA) is 35.8 Å². The van der Waals surface area contributed by atoms with E-state index >= 15 is 0 Å². The summed E-state index contributed by atoms with van der Waals surface area (Å²) in [6.07, 6.45) is 4.05. The Balaban J connectivity index is 1.48. The fourth-order valence-electron chi connectivity index (χ4n) is 3.61. The zero-order valence-corrected chi connectivity index (χ0v) is 15.4. The molecule has 4 rings (SSSR count). The van der Waals surface area contributed by atoms with Gasteiger partial charge in [0.1, 0.15) is 5.65 Å². The molecule has 0 spiro atoms. The van der Waals surface area contributed by atoms with Crippen molar-refractivity contribution >= 4 is 5.65 Å². The van der Waals surface area contributed by atoms with Crippen LogP contribution in [-0.2, 0) is 6.54 Å². The quantitative estimate of drug-likeness (QED) is 0.741. The molecule has 1 unspecified atom stereocenters. The zero-order valence-electron chi connectivity index (χ0n) is 15.4. The maximum atomic E-state index is 4.50. The van der Waals surface area contributed by atoms with Crippen LogP contribution >= 0.6 is 0 Å². The summed E-state index contributed by atoms with van der Waals surface area (Å²) in [6.45, 7) is 6.41. The van der Waals surface area contributed by atoms with Gasteiger partial charge in [0, 0.05) is 51.5 Å². The lowest BCUT2D eigenvalue weighted by molar-refractivity contribution is 0.141. The molecular weight excluding hydrogens is 322 g/mol. The molecular formula is C21H27N5. The second kappa shape index (κ2) is 7.99. The Bertz CT molecular complexity index is 821. The molecule has 0 radical (unpaired) electrons. The zero-order chi connectivity index (χ0) is 17.8. The third kappa shape index (κ3) is 3.96. The summed E-state index contributed by atoms with van der Waals surface area (Å²) in [5.74, 6) is 0. The lowest BCUT2D eigenvalue weighted by Gasteiger charge is -2.35. The molecule has 3 heterocycles. The van der Waals surface area contributed by atoms with E-state index in [2.05, 4.69) is 74.1 Å². The van der Waals surface area contributed by atoms with E-state index in [0.717, 1.165) is 44.9 Å². The van der Waals surface area contributed by atoms with Crippen molar-refractivity contribution in [2.75, 3.05) is 39.8 Å². The van der Waals surface area contributed by atoms with Gasteiger partial charge in [0.2, 0.25) is 0 Å². The number of aromatic nitrogens is 2. The molecule has 5 heteroatoms. The Labute approximate surface area is 155 Å². The van der Waals surface area contributed by atoms with E-state index < -0.39 is 0 Å². The number of pyridine rings is 1. The predicted octanol–water partition coefficient (Wildman–Crippen LogP) is 2.41. The number of hydrogen-bond donors (Lipinski definition) is 1. The monoisotopic (exact) mass is 349 g/mol. The highest BCUT2D eigenvalue weighted by molar-refractivity contribution is 5.39. The molecule has 3 aromatic rings. The summed E-state index contributed by atoms with van der Waals surface area (Å²) in [6, 6.07) is 17.2. The van der Waals surface area contributed by atoms with Crippen molar-refractivity contribution < 1.29 is 0 Å². The smallest absolute Gasteiger partial charge is 0.136 e. The van der Waals surface area contributed by atoms with E-state index in [1.807, 2.05) is 18.3 Å². The highest BCUT2D eigenvalue weighted by atomic mass is 15.3. The first-order chi connectivity index (χ1) is 12.8. The van der Waals surface area contributed by atoms with Gasteiger partial charge >= 0.3 is 0 Å². The van der Waals surface area contributed by atoms with Gasteiger partial charge in [-0.3, -0.25) is 4.90 Å². The highest BCUT2D eigenvalue weighted by Crippen LogP contribution is 2.17. The van der Waals surface area contributed by atoms with Gasteiger partial charge in [0.15, 0.2) is 0 Å². The number of imidazole rings is 1. The van der Waals surface area contributed by atoms with Crippen LogP contribution in [-0.4, -0.2) is 59.0 Å². The third-order valence-electron chi connectivity index (χ3n) is 5.26. The maximum absolute atomic E-state index is 4.50. The largest absolute Gasteiger partial charge is 0.304 e. The van der Waals surface area contributed by atoms with Crippen LogP contribution in [0.25, 0.3) is 5.65 Å². The minimum atomic E-state index is 0.314. The molecule has 1 atom stereocenters. The molecule has 0 bridgehead atoms. The Morgan fingerprint density at radius 1 is 1.00 bits per heavy atom. The van der Waals surface area contributed by atoms with Crippen LogP contribution in [0.1, 0.15) is 17.3 Å². The molecule has 1 saturated heterocycles. The summed E-state index contributed by atoms with van der Waals surface area (Å²) in [4.78, 5) is 9.47. The summed E-state index contributed by atoms with van der Waals surface area (Å²) in [5, 5.41) is 3.77. The fraction of sp³-hybridized carbons (Fsp3) is 0.381. The second-order valence-electron chi connectivity index (χ2n) is 7.13. The van der Waals surface area contributed by atoms with Crippen molar-refractivity contribution in [3.63, 3.8) is 0 Å². The molecule has 1 N–H and O–H groups in total. The van der Waals surface area contributed by atoms with Crippen molar-refractivity contribution in [3.8, 4) is 0 Å². The van der Waals surface area contributed by atoms with Gasteiger partial charge < -0.3 is 14.6 Å². The summed E-state index contributed by atoms with van der Waals surface area (Å²) in [7, 11) is 2.20. The Morgan fingerprint density at radius 2 is 1.77 bits per heavy atom. The van der Waals surface area contributed by atoms with Crippen molar-refractivity contribution in [1.29, 1.82) is 0 Å². The molecule has 0 saturated carbocycles.